The second-order valence-electron chi connectivity index (χ2n) is 6.41. The molecule has 0 bridgehead atoms. The Kier molecular flexibility index (Phi) is 5.17. The monoisotopic (exact) mass is 278 g/mol. The minimum atomic E-state index is -0.0756. The summed E-state index contributed by atoms with van der Waals surface area (Å²) in [6.07, 6.45) is 2.12. The van der Waals surface area contributed by atoms with E-state index in [9.17, 15) is 4.39 Å². The lowest BCUT2D eigenvalue weighted by Crippen LogP contribution is -2.48. The van der Waals surface area contributed by atoms with Crippen LogP contribution in [0, 0.1) is 5.82 Å². The number of benzene rings is 1. The number of halogens is 1. The van der Waals surface area contributed by atoms with Gasteiger partial charge in [-0.3, -0.25) is 4.90 Å². The van der Waals surface area contributed by atoms with Crippen molar-refractivity contribution in [2.24, 2.45) is 0 Å². The molecule has 1 heterocycles. The van der Waals surface area contributed by atoms with Crippen molar-refractivity contribution in [2.75, 3.05) is 6.54 Å². The van der Waals surface area contributed by atoms with E-state index < -0.39 is 0 Å². The lowest BCUT2D eigenvalue weighted by Gasteiger charge is -2.43. The van der Waals surface area contributed by atoms with Crippen molar-refractivity contribution in [3.8, 4) is 0 Å². The first-order chi connectivity index (χ1) is 9.49. The van der Waals surface area contributed by atoms with Crippen LogP contribution in [0.2, 0.25) is 0 Å². The first-order valence-corrected chi connectivity index (χ1v) is 7.75. The van der Waals surface area contributed by atoms with Gasteiger partial charge in [-0.2, -0.15) is 0 Å². The van der Waals surface area contributed by atoms with E-state index in [1.165, 1.54) is 0 Å². The largest absolute Gasteiger partial charge is 0.312 e. The molecule has 2 rings (SSSR count). The van der Waals surface area contributed by atoms with Crippen LogP contribution in [-0.4, -0.2) is 29.6 Å². The summed E-state index contributed by atoms with van der Waals surface area (Å²) in [6, 6.07) is 8.81. The number of rotatable bonds is 4. The van der Waals surface area contributed by atoms with Gasteiger partial charge in [-0.1, -0.05) is 32.0 Å². The van der Waals surface area contributed by atoms with Gasteiger partial charge in [-0.05, 0) is 32.8 Å². The van der Waals surface area contributed by atoms with E-state index in [-0.39, 0.29) is 11.9 Å². The Bertz CT molecular complexity index is 431. The Morgan fingerprint density at radius 1 is 1.20 bits per heavy atom. The van der Waals surface area contributed by atoms with E-state index in [1.54, 1.807) is 12.1 Å². The maximum absolute atomic E-state index is 14.2. The molecule has 1 aliphatic heterocycles. The van der Waals surface area contributed by atoms with Gasteiger partial charge in [0.1, 0.15) is 5.82 Å². The molecular formula is C17H27FN2. The summed E-state index contributed by atoms with van der Waals surface area (Å²) in [5, 5.41) is 3.61. The summed E-state index contributed by atoms with van der Waals surface area (Å²) < 4.78 is 14.2. The molecule has 2 nitrogen and oxygen atoms in total. The minimum Gasteiger partial charge on any atom is -0.312 e. The molecule has 1 aliphatic rings. The van der Waals surface area contributed by atoms with Gasteiger partial charge < -0.3 is 5.32 Å². The van der Waals surface area contributed by atoms with Crippen LogP contribution in [0.1, 0.15) is 52.1 Å². The SMILES string of the molecule is CC(C)N[C@@H]1CCN(C(C)C)[C@H](c2ccccc2F)C1. The normalized spacial score (nSPS) is 24.6. The van der Waals surface area contributed by atoms with Gasteiger partial charge in [0.05, 0.1) is 0 Å². The predicted molar refractivity (Wildman–Crippen MR) is 82.3 cm³/mol. The molecule has 0 radical (unpaired) electrons. The molecule has 0 amide bonds. The molecule has 0 unspecified atom stereocenters. The van der Waals surface area contributed by atoms with Crippen LogP contribution < -0.4 is 5.32 Å². The fraction of sp³-hybridized carbons (Fsp3) is 0.647. The minimum absolute atomic E-state index is 0.0756. The highest BCUT2D eigenvalue weighted by atomic mass is 19.1. The first-order valence-electron chi connectivity index (χ1n) is 7.75. The van der Waals surface area contributed by atoms with Gasteiger partial charge in [-0.25, -0.2) is 4.39 Å². The zero-order chi connectivity index (χ0) is 14.7. The molecule has 1 fully saturated rings. The number of piperidine rings is 1. The van der Waals surface area contributed by atoms with E-state index in [2.05, 4.69) is 37.9 Å². The van der Waals surface area contributed by atoms with Crippen LogP contribution in [0.4, 0.5) is 4.39 Å². The van der Waals surface area contributed by atoms with Gasteiger partial charge in [-0.15, -0.1) is 0 Å². The smallest absolute Gasteiger partial charge is 0.127 e. The highest BCUT2D eigenvalue weighted by Gasteiger charge is 2.32. The van der Waals surface area contributed by atoms with E-state index in [0.29, 0.717) is 18.1 Å². The zero-order valence-corrected chi connectivity index (χ0v) is 13.1. The van der Waals surface area contributed by atoms with Crippen LogP contribution in [0.3, 0.4) is 0 Å². The first kappa shape index (κ1) is 15.5. The van der Waals surface area contributed by atoms with Crippen LogP contribution in [0.15, 0.2) is 24.3 Å². The standard InChI is InChI=1S/C17H27FN2/c1-12(2)19-14-9-10-20(13(3)4)17(11-14)15-7-5-6-8-16(15)18/h5-8,12-14,17,19H,9-11H2,1-4H3/t14-,17+/m1/s1. The van der Waals surface area contributed by atoms with Crippen LogP contribution in [-0.2, 0) is 0 Å². The van der Waals surface area contributed by atoms with E-state index in [0.717, 1.165) is 24.9 Å². The van der Waals surface area contributed by atoms with Crippen molar-refractivity contribution in [1.82, 2.24) is 10.2 Å². The average Bonchev–Trinajstić information content (AvgIpc) is 2.38. The molecule has 1 aromatic carbocycles. The predicted octanol–water partition coefficient (Wildman–Crippen LogP) is 3.74. The van der Waals surface area contributed by atoms with Gasteiger partial charge in [0.2, 0.25) is 0 Å². The summed E-state index contributed by atoms with van der Waals surface area (Å²) in [5.41, 5.74) is 0.844. The molecule has 0 spiro atoms. The van der Waals surface area contributed by atoms with Gasteiger partial charge in [0.25, 0.3) is 0 Å². The maximum Gasteiger partial charge on any atom is 0.127 e. The molecule has 1 aromatic rings. The zero-order valence-electron chi connectivity index (χ0n) is 13.1. The third-order valence-electron chi connectivity index (χ3n) is 4.14. The van der Waals surface area contributed by atoms with Crippen LogP contribution in [0.5, 0.6) is 0 Å². The van der Waals surface area contributed by atoms with Crippen LogP contribution in [0.25, 0.3) is 0 Å². The number of likely N-dealkylation sites (tertiary alicyclic amines) is 1. The summed E-state index contributed by atoms with van der Waals surface area (Å²) in [4.78, 5) is 2.43. The molecule has 3 heteroatoms. The maximum atomic E-state index is 14.2. The molecule has 112 valence electrons. The molecule has 2 atom stereocenters. The lowest BCUT2D eigenvalue weighted by molar-refractivity contribution is 0.0881. The molecule has 0 saturated carbocycles. The second kappa shape index (κ2) is 6.68. The number of nitrogens with zero attached hydrogens (tertiary/aromatic N) is 1. The Morgan fingerprint density at radius 2 is 1.90 bits per heavy atom. The summed E-state index contributed by atoms with van der Waals surface area (Å²) in [5.74, 6) is -0.0756. The Labute approximate surface area is 122 Å². The van der Waals surface area contributed by atoms with Crippen molar-refractivity contribution in [3.63, 3.8) is 0 Å². The van der Waals surface area contributed by atoms with Gasteiger partial charge in [0, 0.05) is 36.3 Å². The second-order valence-corrected chi connectivity index (χ2v) is 6.41. The van der Waals surface area contributed by atoms with Crippen molar-refractivity contribution in [1.29, 1.82) is 0 Å². The topological polar surface area (TPSA) is 15.3 Å². The Hall–Kier alpha value is -0.930. The summed E-state index contributed by atoms with van der Waals surface area (Å²) in [6.45, 7) is 9.77. The molecule has 1 N–H and O–H groups in total. The summed E-state index contributed by atoms with van der Waals surface area (Å²) in [7, 11) is 0. The Morgan fingerprint density at radius 3 is 2.50 bits per heavy atom. The van der Waals surface area contributed by atoms with Gasteiger partial charge >= 0.3 is 0 Å². The third-order valence-corrected chi connectivity index (χ3v) is 4.14. The van der Waals surface area contributed by atoms with Crippen molar-refractivity contribution < 1.29 is 4.39 Å². The average molecular weight is 278 g/mol. The van der Waals surface area contributed by atoms with Crippen molar-refractivity contribution >= 4 is 0 Å². The van der Waals surface area contributed by atoms with Crippen molar-refractivity contribution in [3.05, 3.63) is 35.6 Å². The van der Waals surface area contributed by atoms with E-state index in [4.69, 9.17) is 0 Å². The number of nitrogens with one attached hydrogen (secondary N) is 1. The van der Waals surface area contributed by atoms with E-state index in [1.807, 2.05) is 12.1 Å². The highest BCUT2D eigenvalue weighted by Crippen LogP contribution is 2.34. The summed E-state index contributed by atoms with van der Waals surface area (Å²) >= 11 is 0. The number of hydrogen-bond acceptors (Lipinski definition) is 2. The van der Waals surface area contributed by atoms with Crippen LogP contribution >= 0.6 is 0 Å². The fourth-order valence-electron chi connectivity index (χ4n) is 3.28. The van der Waals surface area contributed by atoms with E-state index >= 15 is 0 Å². The molecular weight excluding hydrogens is 251 g/mol. The molecule has 0 aliphatic carbocycles. The molecule has 20 heavy (non-hydrogen) atoms. The molecule has 0 aromatic heterocycles. The highest BCUT2D eigenvalue weighted by molar-refractivity contribution is 5.22. The van der Waals surface area contributed by atoms with Gasteiger partial charge in [0.15, 0.2) is 0 Å². The fourth-order valence-corrected chi connectivity index (χ4v) is 3.28. The molecule has 1 saturated heterocycles. The Balaban J connectivity index is 2.21. The quantitative estimate of drug-likeness (QED) is 0.902. The lowest BCUT2D eigenvalue weighted by atomic mass is 9.90. The third kappa shape index (κ3) is 3.58. The van der Waals surface area contributed by atoms with Crippen molar-refractivity contribution in [2.45, 2.75) is 64.7 Å². The number of hydrogen-bond donors (Lipinski definition) is 1.